The molecule has 0 radical (unpaired) electrons. The number of aryl methyl sites for hydroxylation is 1. The largest absolute Gasteiger partial charge is 0.319 e. The SMILES string of the molecule is CNCCc1nn(C)cc1-c1cccnc1. The van der Waals surface area contributed by atoms with Gasteiger partial charge in [-0.1, -0.05) is 6.07 Å². The third-order valence-corrected chi connectivity index (χ3v) is 2.49. The van der Waals surface area contributed by atoms with Crippen molar-refractivity contribution in [2.24, 2.45) is 7.05 Å². The van der Waals surface area contributed by atoms with Gasteiger partial charge in [-0.2, -0.15) is 5.10 Å². The number of aromatic nitrogens is 3. The second-order valence-corrected chi connectivity index (χ2v) is 3.76. The molecule has 2 rings (SSSR count). The summed E-state index contributed by atoms with van der Waals surface area (Å²) >= 11 is 0. The van der Waals surface area contributed by atoms with Crippen molar-refractivity contribution in [2.45, 2.75) is 6.42 Å². The summed E-state index contributed by atoms with van der Waals surface area (Å²) in [6.07, 6.45) is 6.64. The Morgan fingerprint density at radius 1 is 1.44 bits per heavy atom. The average molecular weight is 216 g/mol. The van der Waals surface area contributed by atoms with Crippen LogP contribution < -0.4 is 5.32 Å². The predicted octanol–water partition coefficient (Wildman–Crippen LogP) is 1.24. The first-order valence-corrected chi connectivity index (χ1v) is 5.39. The molecule has 0 aliphatic rings. The van der Waals surface area contributed by atoms with Crippen molar-refractivity contribution in [2.75, 3.05) is 13.6 Å². The summed E-state index contributed by atoms with van der Waals surface area (Å²) in [6, 6.07) is 4.01. The van der Waals surface area contributed by atoms with E-state index in [0.29, 0.717) is 0 Å². The summed E-state index contributed by atoms with van der Waals surface area (Å²) < 4.78 is 1.85. The number of pyridine rings is 1. The molecule has 4 nitrogen and oxygen atoms in total. The number of nitrogens with zero attached hydrogens (tertiary/aromatic N) is 3. The van der Waals surface area contributed by atoms with Crippen LogP contribution >= 0.6 is 0 Å². The third-order valence-electron chi connectivity index (χ3n) is 2.49. The number of nitrogens with one attached hydrogen (secondary N) is 1. The van der Waals surface area contributed by atoms with E-state index in [2.05, 4.69) is 21.5 Å². The van der Waals surface area contributed by atoms with Gasteiger partial charge < -0.3 is 5.32 Å². The zero-order chi connectivity index (χ0) is 11.4. The van der Waals surface area contributed by atoms with Gasteiger partial charge >= 0.3 is 0 Å². The zero-order valence-corrected chi connectivity index (χ0v) is 9.64. The average Bonchev–Trinajstić information content (AvgIpc) is 2.69. The summed E-state index contributed by atoms with van der Waals surface area (Å²) in [4.78, 5) is 4.14. The Balaban J connectivity index is 2.33. The van der Waals surface area contributed by atoms with E-state index in [0.717, 1.165) is 24.2 Å². The molecule has 0 amide bonds. The minimum Gasteiger partial charge on any atom is -0.319 e. The fraction of sp³-hybridized carbons (Fsp3) is 0.333. The molecule has 0 unspecified atom stereocenters. The molecule has 2 aromatic rings. The van der Waals surface area contributed by atoms with Crippen LogP contribution in [-0.4, -0.2) is 28.4 Å². The Morgan fingerprint density at radius 3 is 3.00 bits per heavy atom. The van der Waals surface area contributed by atoms with Gasteiger partial charge in [0.25, 0.3) is 0 Å². The van der Waals surface area contributed by atoms with Gasteiger partial charge in [0.2, 0.25) is 0 Å². The highest BCUT2D eigenvalue weighted by Crippen LogP contribution is 2.21. The Kier molecular flexibility index (Phi) is 3.31. The van der Waals surface area contributed by atoms with E-state index in [-0.39, 0.29) is 0 Å². The quantitative estimate of drug-likeness (QED) is 0.836. The minimum absolute atomic E-state index is 0.932. The number of likely N-dealkylation sites (N-methyl/N-ethyl adjacent to an activating group) is 1. The molecule has 1 N–H and O–H groups in total. The first-order valence-electron chi connectivity index (χ1n) is 5.39. The molecule has 2 aromatic heterocycles. The lowest BCUT2D eigenvalue weighted by molar-refractivity contribution is 0.717. The van der Waals surface area contributed by atoms with Gasteiger partial charge in [-0.15, -0.1) is 0 Å². The van der Waals surface area contributed by atoms with Crippen LogP contribution in [0.15, 0.2) is 30.7 Å². The molecule has 0 fully saturated rings. The van der Waals surface area contributed by atoms with E-state index in [1.54, 1.807) is 6.20 Å². The molecule has 0 atom stereocenters. The van der Waals surface area contributed by atoms with Crippen LogP contribution in [-0.2, 0) is 13.5 Å². The Morgan fingerprint density at radius 2 is 2.31 bits per heavy atom. The summed E-state index contributed by atoms with van der Waals surface area (Å²) in [5.74, 6) is 0. The lowest BCUT2D eigenvalue weighted by Crippen LogP contribution is -2.11. The van der Waals surface area contributed by atoms with Crippen LogP contribution in [0.25, 0.3) is 11.1 Å². The number of hydrogen-bond donors (Lipinski definition) is 1. The monoisotopic (exact) mass is 216 g/mol. The van der Waals surface area contributed by atoms with Gasteiger partial charge in [-0.05, 0) is 13.1 Å². The fourth-order valence-corrected chi connectivity index (χ4v) is 1.73. The maximum atomic E-state index is 4.47. The molecular formula is C12H16N4. The molecule has 0 spiro atoms. The zero-order valence-electron chi connectivity index (χ0n) is 9.64. The van der Waals surface area contributed by atoms with Crippen LogP contribution in [0, 0.1) is 0 Å². The maximum Gasteiger partial charge on any atom is 0.0716 e. The summed E-state index contributed by atoms with van der Waals surface area (Å²) in [5.41, 5.74) is 3.41. The number of hydrogen-bond acceptors (Lipinski definition) is 3. The van der Waals surface area contributed by atoms with Crippen molar-refractivity contribution < 1.29 is 0 Å². The molecule has 0 aliphatic heterocycles. The van der Waals surface area contributed by atoms with Crippen molar-refractivity contribution in [3.05, 3.63) is 36.4 Å². The molecule has 16 heavy (non-hydrogen) atoms. The van der Waals surface area contributed by atoms with Gasteiger partial charge in [0.1, 0.15) is 0 Å². The molecule has 4 heteroatoms. The maximum absolute atomic E-state index is 4.47. The van der Waals surface area contributed by atoms with Crippen molar-refractivity contribution >= 4 is 0 Å². The van der Waals surface area contributed by atoms with Crippen molar-refractivity contribution in [1.29, 1.82) is 0 Å². The van der Waals surface area contributed by atoms with Crippen molar-refractivity contribution in [3.8, 4) is 11.1 Å². The van der Waals surface area contributed by atoms with E-state index in [4.69, 9.17) is 0 Å². The van der Waals surface area contributed by atoms with Crippen LogP contribution in [0.2, 0.25) is 0 Å². The Hall–Kier alpha value is -1.68. The van der Waals surface area contributed by atoms with Crippen molar-refractivity contribution in [1.82, 2.24) is 20.1 Å². The lowest BCUT2D eigenvalue weighted by Gasteiger charge is -2.01. The third kappa shape index (κ3) is 2.28. The minimum atomic E-state index is 0.932. The highest BCUT2D eigenvalue weighted by Gasteiger charge is 2.08. The second-order valence-electron chi connectivity index (χ2n) is 3.76. The standard InChI is InChI=1S/C12H16N4/c1-13-7-5-12-11(9-16(2)15-12)10-4-3-6-14-8-10/h3-4,6,8-9,13H,5,7H2,1-2H3. The topological polar surface area (TPSA) is 42.7 Å². The first kappa shape index (κ1) is 10.8. The van der Waals surface area contributed by atoms with E-state index < -0.39 is 0 Å². The van der Waals surface area contributed by atoms with E-state index >= 15 is 0 Å². The van der Waals surface area contributed by atoms with Gasteiger partial charge in [-0.3, -0.25) is 9.67 Å². The second kappa shape index (κ2) is 4.90. The van der Waals surface area contributed by atoms with Crippen LogP contribution in [0.4, 0.5) is 0 Å². The van der Waals surface area contributed by atoms with E-state index in [9.17, 15) is 0 Å². The molecule has 84 valence electrons. The Labute approximate surface area is 95.3 Å². The summed E-state index contributed by atoms with van der Waals surface area (Å²) in [6.45, 7) is 0.935. The summed E-state index contributed by atoms with van der Waals surface area (Å²) in [5, 5.41) is 7.61. The normalized spacial score (nSPS) is 10.6. The van der Waals surface area contributed by atoms with Gasteiger partial charge in [0.15, 0.2) is 0 Å². The van der Waals surface area contributed by atoms with Crippen LogP contribution in [0.5, 0.6) is 0 Å². The van der Waals surface area contributed by atoms with Gasteiger partial charge in [-0.25, -0.2) is 0 Å². The highest BCUT2D eigenvalue weighted by molar-refractivity contribution is 5.64. The van der Waals surface area contributed by atoms with Gasteiger partial charge in [0, 0.05) is 49.7 Å². The predicted molar refractivity (Wildman–Crippen MR) is 64.1 cm³/mol. The molecular weight excluding hydrogens is 200 g/mol. The van der Waals surface area contributed by atoms with Crippen LogP contribution in [0.1, 0.15) is 5.69 Å². The molecule has 0 saturated heterocycles. The van der Waals surface area contributed by atoms with Crippen LogP contribution in [0.3, 0.4) is 0 Å². The molecule has 0 saturated carbocycles. The van der Waals surface area contributed by atoms with E-state index in [1.165, 1.54) is 5.56 Å². The summed E-state index contributed by atoms with van der Waals surface area (Å²) in [7, 11) is 3.90. The van der Waals surface area contributed by atoms with Gasteiger partial charge in [0.05, 0.1) is 5.69 Å². The first-order chi connectivity index (χ1) is 7.81. The highest BCUT2D eigenvalue weighted by atomic mass is 15.3. The molecule has 2 heterocycles. The lowest BCUT2D eigenvalue weighted by atomic mass is 10.1. The smallest absolute Gasteiger partial charge is 0.0716 e. The Bertz CT molecular complexity index is 447. The number of rotatable bonds is 4. The van der Waals surface area contributed by atoms with Crippen molar-refractivity contribution in [3.63, 3.8) is 0 Å². The molecule has 0 aromatic carbocycles. The molecule has 0 bridgehead atoms. The van der Waals surface area contributed by atoms with E-state index in [1.807, 2.05) is 37.2 Å². The molecule has 0 aliphatic carbocycles. The fourth-order valence-electron chi connectivity index (χ4n) is 1.73.